The Kier molecular flexibility index (Phi) is 5.67. The Morgan fingerprint density at radius 2 is 1.95 bits per heavy atom. The lowest BCUT2D eigenvalue weighted by molar-refractivity contribution is -0.269. The lowest BCUT2D eigenvalue weighted by Gasteiger charge is -2.39. The maximum absolute atomic E-state index is 12.5. The van der Waals surface area contributed by atoms with Crippen molar-refractivity contribution in [2.24, 2.45) is 0 Å². The summed E-state index contributed by atoms with van der Waals surface area (Å²) in [5.41, 5.74) is -0.953. The minimum Gasteiger partial charge on any atom is -0.390 e. The number of aliphatic hydroxyl groups is 3. The van der Waals surface area contributed by atoms with E-state index >= 15 is 0 Å². The number of nitrogens with zero attached hydrogens (tertiary/aromatic N) is 1. The van der Waals surface area contributed by atoms with Crippen LogP contribution in [0.4, 0.5) is 13.2 Å². The number of nitrogens with one attached hydrogen (secondary N) is 1. The van der Waals surface area contributed by atoms with Crippen molar-refractivity contribution in [3.05, 3.63) is 0 Å². The van der Waals surface area contributed by atoms with Gasteiger partial charge in [0.15, 0.2) is 11.3 Å². The van der Waals surface area contributed by atoms with Gasteiger partial charge in [0.05, 0.1) is 6.10 Å². The summed E-state index contributed by atoms with van der Waals surface area (Å²) in [7, 11) is 3.15. The van der Waals surface area contributed by atoms with Gasteiger partial charge in [-0.1, -0.05) is 11.8 Å². The number of aliphatic hydroxyl groups excluding tert-OH is 3. The van der Waals surface area contributed by atoms with E-state index < -0.39 is 36.0 Å². The third kappa shape index (κ3) is 4.22. The summed E-state index contributed by atoms with van der Waals surface area (Å²) in [6, 6.07) is 0. The van der Waals surface area contributed by atoms with Crippen LogP contribution in [-0.4, -0.2) is 75.5 Å². The monoisotopic (exact) mass is 318 g/mol. The van der Waals surface area contributed by atoms with Gasteiger partial charge in [0.2, 0.25) is 0 Å². The summed E-state index contributed by atoms with van der Waals surface area (Å²) < 4.78 is 42.4. The molecule has 0 spiro atoms. The number of rotatable bonds is 2. The minimum atomic E-state index is -4.97. The first kappa shape index (κ1) is 17.5. The molecular weight excluding hydrogens is 301 g/mol. The standard InChI is InChI=1S/C10H17F3N2O4S/c1-15(2)9(14)20-5-3-4(16)6(17)7(19-5)8(18)10(11,12)13/h4-8,14,16-18H,3H2,1-2H3/t4-,5?,6+,7+,8-/m1/s1. The first-order chi connectivity index (χ1) is 9.04. The number of alkyl halides is 3. The zero-order chi connectivity index (χ0) is 15.7. The van der Waals surface area contributed by atoms with E-state index in [1.807, 2.05) is 0 Å². The number of halogens is 3. The molecule has 1 aliphatic rings. The van der Waals surface area contributed by atoms with E-state index in [1.165, 1.54) is 4.90 Å². The lowest BCUT2D eigenvalue weighted by Crippen LogP contribution is -2.56. The van der Waals surface area contributed by atoms with Gasteiger partial charge in [0.25, 0.3) is 0 Å². The molecule has 1 aliphatic heterocycles. The normalized spacial score (nSPS) is 32.8. The van der Waals surface area contributed by atoms with Gasteiger partial charge in [0.1, 0.15) is 17.6 Å². The predicted molar refractivity (Wildman–Crippen MR) is 66.4 cm³/mol. The molecule has 0 aromatic rings. The molecule has 0 aromatic heterocycles. The number of hydrogen-bond acceptors (Lipinski definition) is 6. The average Bonchev–Trinajstić information content (AvgIpc) is 2.31. The second-order valence-electron chi connectivity index (χ2n) is 4.63. The van der Waals surface area contributed by atoms with Crippen molar-refractivity contribution in [3.63, 3.8) is 0 Å². The van der Waals surface area contributed by atoms with E-state index in [-0.39, 0.29) is 11.6 Å². The summed E-state index contributed by atoms with van der Waals surface area (Å²) in [4.78, 5) is 1.42. The van der Waals surface area contributed by atoms with Crippen LogP contribution in [0.3, 0.4) is 0 Å². The average molecular weight is 318 g/mol. The fraction of sp³-hybridized carbons (Fsp3) is 0.900. The molecule has 1 unspecified atom stereocenters. The van der Waals surface area contributed by atoms with Gasteiger partial charge in [0, 0.05) is 20.5 Å². The van der Waals surface area contributed by atoms with E-state index in [4.69, 9.17) is 15.3 Å². The van der Waals surface area contributed by atoms with Crippen LogP contribution >= 0.6 is 11.8 Å². The van der Waals surface area contributed by atoms with Gasteiger partial charge in [-0.2, -0.15) is 13.2 Å². The van der Waals surface area contributed by atoms with Gasteiger partial charge in [-0.3, -0.25) is 5.41 Å². The van der Waals surface area contributed by atoms with Crippen molar-refractivity contribution in [2.45, 2.75) is 42.4 Å². The number of amidine groups is 1. The van der Waals surface area contributed by atoms with Crippen LogP contribution in [0.2, 0.25) is 0 Å². The Bertz CT molecular complexity index is 356. The summed E-state index contributed by atoms with van der Waals surface area (Å²) in [5, 5.41) is 35.9. The summed E-state index contributed by atoms with van der Waals surface area (Å²) in [6.45, 7) is 0. The van der Waals surface area contributed by atoms with E-state index in [2.05, 4.69) is 0 Å². The first-order valence-corrected chi connectivity index (χ1v) is 6.61. The highest BCUT2D eigenvalue weighted by Crippen LogP contribution is 2.34. The molecule has 1 rings (SSSR count). The molecular formula is C10H17F3N2O4S. The zero-order valence-electron chi connectivity index (χ0n) is 10.8. The smallest absolute Gasteiger partial charge is 0.390 e. The second kappa shape index (κ2) is 6.48. The fourth-order valence-electron chi connectivity index (χ4n) is 1.62. The molecule has 0 aliphatic carbocycles. The van der Waals surface area contributed by atoms with E-state index in [0.717, 1.165) is 11.8 Å². The predicted octanol–water partition coefficient (Wildman–Crippen LogP) is -0.0240. The molecule has 1 fully saturated rings. The molecule has 1 heterocycles. The van der Waals surface area contributed by atoms with Crippen LogP contribution in [0.5, 0.6) is 0 Å². The van der Waals surface area contributed by atoms with Crippen molar-refractivity contribution in [1.82, 2.24) is 4.90 Å². The molecule has 118 valence electrons. The molecule has 0 bridgehead atoms. The van der Waals surface area contributed by atoms with Gasteiger partial charge >= 0.3 is 6.18 Å². The third-order valence-electron chi connectivity index (χ3n) is 2.77. The summed E-state index contributed by atoms with van der Waals surface area (Å²) in [6.07, 6.45) is -13.3. The first-order valence-electron chi connectivity index (χ1n) is 5.73. The maximum atomic E-state index is 12.5. The molecule has 0 amide bonds. The van der Waals surface area contributed by atoms with Crippen LogP contribution in [-0.2, 0) is 4.74 Å². The maximum Gasteiger partial charge on any atom is 0.417 e. The van der Waals surface area contributed by atoms with E-state index in [9.17, 15) is 23.4 Å². The van der Waals surface area contributed by atoms with Crippen molar-refractivity contribution in [1.29, 1.82) is 5.41 Å². The molecule has 0 saturated carbocycles. The van der Waals surface area contributed by atoms with Crippen LogP contribution in [0.25, 0.3) is 0 Å². The quantitative estimate of drug-likeness (QED) is 0.422. The van der Waals surface area contributed by atoms with Crippen LogP contribution in [0.15, 0.2) is 0 Å². The van der Waals surface area contributed by atoms with Gasteiger partial charge in [-0.15, -0.1) is 0 Å². The Morgan fingerprint density at radius 3 is 2.40 bits per heavy atom. The highest BCUT2D eigenvalue weighted by molar-refractivity contribution is 8.14. The Balaban J connectivity index is 2.78. The molecule has 1 saturated heterocycles. The summed E-state index contributed by atoms with van der Waals surface area (Å²) in [5.74, 6) is 0. The summed E-state index contributed by atoms with van der Waals surface area (Å²) >= 11 is 0.804. The molecule has 6 nitrogen and oxygen atoms in total. The molecule has 10 heteroatoms. The van der Waals surface area contributed by atoms with E-state index in [0.29, 0.717) is 0 Å². The molecule has 0 aromatic carbocycles. The topological polar surface area (TPSA) is 97.0 Å². The molecule has 20 heavy (non-hydrogen) atoms. The Morgan fingerprint density at radius 1 is 1.40 bits per heavy atom. The van der Waals surface area contributed by atoms with Gasteiger partial charge in [-0.25, -0.2) is 0 Å². The van der Waals surface area contributed by atoms with E-state index in [1.54, 1.807) is 14.1 Å². The van der Waals surface area contributed by atoms with Crippen molar-refractivity contribution in [2.75, 3.05) is 14.1 Å². The number of hydrogen-bond donors (Lipinski definition) is 4. The number of ether oxygens (including phenoxy) is 1. The Hall–Kier alpha value is -0.550. The molecule has 0 radical (unpaired) electrons. The lowest BCUT2D eigenvalue weighted by atomic mass is 9.98. The second-order valence-corrected chi connectivity index (χ2v) is 5.78. The van der Waals surface area contributed by atoms with Crippen LogP contribution < -0.4 is 0 Å². The van der Waals surface area contributed by atoms with Crippen molar-refractivity contribution in [3.8, 4) is 0 Å². The highest BCUT2D eigenvalue weighted by atomic mass is 32.2. The minimum absolute atomic E-state index is 0.0267. The number of thioether (sulfide) groups is 1. The Labute approximate surface area is 118 Å². The van der Waals surface area contributed by atoms with Crippen LogP contribution in [0.1, 0.15) is 6.42 Å². The third-order valence-corrected chi connectivity index (χ3v) is 3.92. The largest absolute Gasteiger partial charge is 0.417 e. The van der Waals surface area contributed by atoms with Crippen molar-refractivity contribution < 1.29 is 33.2 Å². The van der Waals surface area contributed by atoms with Gasteiger partial charge < -0.3 is 25.0 Å². The SMILES string of the molecule is CN(C)C(=N)SC1C[C@@H](O)[C@H](O)[C@@H]([C@@H](O)C(F)(F)F)O1. The molecule has 5 atom stereocenters. The van der Waals surface area contributed by atoms with Crippen molar-refractivity contribution >= 4 is 16.9 Å². The van der Waals surface area contributed by atoms with Crippen LogP contribution in [0, 0.1) is 5.41 Å². The fourth-order valence-corrected chi connectivity index (χ4v) is 2.56. The highest BCUT2D eigenvalue weighted by Gasteiger charge is 2.51. The molecule has 4 N–H and O–H groups in total. The zero-order valence-corrected chi connectivity index (χ0v) is 11.6. The van der Waals surface area contributed by atoms with Gasteiger partial charge in [-0.05, 0) is 0 Å².